The molecule has 0 spiro atoms. The molecule has 1 aromatic carbocycles. The fraction of sp³-hybridized carbons (Fsp3) is 0.333. The van der Waals surface area contributed by atoms with Gasteiger partial charge in [0.15, 0.2) is 0 Å². The van der Waals surface area contributed by atoms with E-state index in [4.69, 9.17) is 4.74 Å². The Balaban J connectivity index is 1.77. The van der Waals surface area contributed by atoms with Gasteiger partial charge in [-0.2, -0.15) is 9.47 Å². The van der Waals surface area contributed by atoms with Gasteiger partial charge in [0.25, 0.3) is 0 Å². The molecule has 1 unspecified atom stereocenters. The molecule has 2 heterocycles. The van der Waals surface area contributed by atoms with E-state index in [1.807, 2.05) is 23.7 Å². The van der Waals surface area contributed by atoms with Gasteiger partial charge in [0.05, 0.1) is 18.5 Å². The van der Waals surface area contributed by atoms with Gasteiger partial charge in [-0.05, 0) is 50.0 Å². The van der Waals surface area contributed by atoms with E-state index in [1.165, 1.54) is 17.1 Å². The van der Waals surface area contributed by atoms with Crippen LogP contribution >= 0.6 is 11.5 Å². The van der Waals surface area contributed by atoms with Crippen molar-refractivity contribution in [3.63, 3.8) is 0 Å². The van der Waals surface area contributed by atoms with Crippen LogP contribution in [0.2, 0.25) is 0 Å². The van der Waals surface area contributed by atoms with Crippen LogP contribution in [0.1, 0.15) is 34.8 Å². The summed E-state index contributed by atoms with van der Waals surface area (Å²) in [7, 11) is 1.64. The molecule has 0 fully saturated rings. The first-order chi connectivity index (χ1) is 11.6. The number of para-hydroxylation sites is 1. The molecular weight excluding hydrogens is 320 g/mol. The lowest BCUT2D eigenvalue weighted by Gasteiger charge is -2.15. The van der Waals surface area contributed by atoms with Crippen LogP contribution in [0.4, 0.5) is 0 Å². The van der Waals surface area contributed by atoms with Crippen LogP contribution in [0, 0.1) is 13.8 Å². The van der Waals surface area contributed by atoms with Gasteiger partial charge in [0.1, 0.15) is 0 Å². The van der Waals surface area contributed by atoms with E-state index in [1.54, 1.807) is 7.11 Å². The van der Waals surface area contributed by atoms with Crippen LogP contribution in [-0.4, -0.2) is 21.3 Å². The first kappa shape index (κ1) is 16.7. The van der Waals surface area contributed by atoms with Crippen LogP contribution in [0.15, 0.2) is 36.4 Å². The van der Waals surface area contributed by atoms with Gasteiger partial charge in [0, 0.05) is 29.2 Å². The number of hydrogen-bond acceptors (Lipinski definition) is 5. The van der Waals surface area contributed by atoms with Crippen molar-refractivity contribution < 1.29 is 4.74 Å². The summed E-state index contributed by atoms with van der Waals surface area (Å²) in [6.07, 6.45) is 0. The zero-order valence-electron chi connectivity index (χ0n) is 14.4. The minimum absolute atomic E-state index is 0.208. The molecule has 0 bridgehead atoms. The molecular formula is C18H22N4OS. The Kier molecular flexibility index (Phi) is 4.97. The summed E-state index contributed by atoms with van der Waals surface area (Å²) < 4.78 is 11.4. The number of hydrogen-bond donors (Lipinski definition) is 1. The lowest BCUT2D eigenvalue weighted by atomic mass is 10.1. The van der Waals surface area contributed by atoms with Crippen molar-refractivity contribution in [1.82, 2.24) is 19.5 Å². The molecule has 0 saturated heterocycles. The average Bonchev–Trinajstić information content (AvgIpc) is 3.19. The van der Waals surface area contributed by atoms with Crippen molar-refractivity contribution in [1.29, 1.82) is 0 Å². The average molecular weight is 342 g/mol. The smallest absolute Gasteiger partial charge is 0.225 e. The largest absolute Gasteiger partial charge is 0.480 e. The van der Waals surface area contributed by atoms with Gasteiger partial charge in [-0.25, -0.2) is 4.68 Å². The predicted molar refractivity (Wildman–Crippen MR) is 97.0 cm³/mol. The third-order valence-corrected chi connectivity index (χ3v) is 4.92. The van der Waals surface area contributed by atoms with E-state index in [9.17, 15) is 0 Å². The lowest BCUT2D eigenvalue weighted by molar-refractivity contribution is 0.402. The molecule has 0 radical (unpaired) electrons. The molecule has 3 aromatic rings. The summed E-state index contributed by atoms with van der Waals surface area (Å²) in [4.78, 5) is 1.16. The number of aryl methyl sites for hydroxylation is 2. The van der Waals surface area contributed by atoms with Crippen molar-refractivity contribution in [2.75, 3.05) is 7.11 Å². The van der Waals surface area contributed by atoms with E-state index < -0.39 is 0 Å². The van der Waals surface area contributed by atoms with Crippen molar-refractivity contribution >= 4 is 11.5 Å². The first-order valence-corrected chi connectivity index (χ1v) is 8.71. The van der Waals surface area contributed by atoms with Crippen molar-refractivity contribution in [2.45, 2.75) is 33.4 Å². The molecule has 0 aliphatic carbocycles. The Labute approximate surface area is 146 Å². The standard InChI is InChI=1S/C18H22N4OS/c1-12-9-13(2)22(20-12)16-8-6-5-7-15(16)11-19-14(3)17-10-18(23-4)21-24-17/h5-10,14,19H,11H2,1-4H3. The summed E-state index contributed by atoms with van der Waals surface area (Å²) >= 11 is 1.47. The minimum atomic E-state index is 0.208. The molecule has 5 nitrogen and oxygen atoms in total. The third kappa shape index (κ3) is 3.49. The molecule has 0 aliphatic rings. The molecule has 24 heavy (non-hydrogen) atoms. The number of aromatic nitrogens is 3. The van der Waals surface area contributed by atoms with Gasteiger partial charge in [-0.1, -0.05) is 18.2 Å². The molecule has 126 valence electrons. The highest BCUT2D eigenvalue weighted by molar-refractivity contribution is 7.06. The van der Waals surface area contributed by atoms with E-state index in [0.29, 0.717) is 5.88 Å². The zero-order valence-corrected chi connectivity index (χ0v) is 15.2. The van der Waals surface area contributed by atoms with Crippen LogP contribution in [0.3, 0.4) is 0 Å². The second kappa shape index (κ2) is 7.15. The number of rotatable bonds is 6. The number of nitrogens with zero attached hydrogens (tertiary/aromatic N) is 3. The molecule has 2 aromatic heterocycles. The number of nitrogens with one attached hydrogen (secondary N) is 1. The Morgan fingerprint density at radius 2 is 2.04 bits per heavy atom. The molecule has 1 atom stereocenters. The highest BCUT2D eigenvalue weighted by atomic mass is 32.1. The topological polar surface area (TPSA) is 52.0 Å². The van der Waals surface area contributed by atoms with Crippen molar-refractivity contribution in [3.05, 3.63) is 58.2 Å². The highest BCUT2D eigenvalue weighted by Crippen LogP contribution is 2.24. The SMILES string of the molecule is COc1cc(C(C)NCc2ccccc2-n2nc(C)cc2C)sn1. The van der Waals surface area contributed by atoms with Crippen LogP contribution < -0.4 is 10.1 Å². The van der Waals surface area contributed by atoms with Crippen LogP contribution in [0.5, 0.6) is 5.88 Å². The Hall–Kier alpha value is -2.18. The highest BCUT2D eigenvalue weighted by Gasteiger charge is 2.12. The van der Waals surface area contributed by atoms with E-state index >= 15 is 0 Å². The number of ether oxygens (including phenoxy) is 1. The Morgan fingerprint density at radius 1 is 1.25 bits per heavy atom. The fourth-order valence-electron chi connectivity index (χ4n) is 2.68. The van der Waals surface area contributed by atoms with E-state index in [2.05, 4.69) is 52.9 Å². The van der Waals surface area contributed by atoms with Gasteiger partial charge in [0.2, 0.25) is 5.88 Å². The zero-order chi connectivity index (χ0) is 17.1. The number of benzene rings is 1. The summed E-state index contributed by atoms with van der Waals surface area (Å²) in [6.45, 7) is 6.99. The van der Waals surface area contributed by atoms with E-state index in [-0.39, 0.29) is 6.04 Å². The van der Waals surface area contributed by atoms with Gasteiger partial charge in [-0.15, -0.1) is 0 Å². The molecule has 3 rings (SSSR count). The monoisotopic (exact) mass is 342 g/mol. The molecule has 0 amide bonds. The van der Waals surface area contributed by atoms with Crippen molar-refractivity contribution in [3.8, 4) is 11.6 Å². The van der Waals surface area contributed by atoms with Gasteiger partial charge >= 0.3 is 0 Å². The maximum Gasteiger partial charge on any atom is 0.225 e. The molecule has 1 N–H and O–H groups in total. The van der Waals surface area contributed by atoms with E-state index in [0.717, 1.165) is 28.5 Å². The van der Waals surface area contributed by atoms with Crippen LogP contribution in [-0.2, 0) is 6.54 Å². The molecule has 0 saturated carbocycles. The second-order valence-electron chi connectivity index (χ2n) is 5.84. The predicted octanol–water partition coefficient (Wildman–Crippen LogP) is 3.81. The summed E-state index contributed by atoms with van der Waals surface area (Å²) in [5.41, 5.74) is 4.50. The lowest BCUT2D eigenvalue weighted by Crippen LogP contribution is -2.18. The quantitative estimate of drug-likeness (QED) is 0.740. The normalized spacial score (nSPS) is 12.3. The third-order valence-electron chi connectivity index (χ3n) is 3.97. The summed E-state index contributed by atoms with van der Waals surface area (Å²) in [5, 5.41) is 8.17. The first-order valence-electron chi connectivity index (χ1n) is 7.94. The summed E-state index contributed by atoms with van der Waals surface area (Å²) in [6, 6.07) is 12.6. The minimum Gasteiger partial charge on any atom is -0.480 e. The van der Waals surface area contributed by atoms with Gasteiger partial charge < -0.3 is 10.1 Å². The number of methoxy groups -OCH3 is 1. The Bertz CT molecular complexity index is 824. The van der Waals surface area contributed by atoms with Gasteiger partial charge in [-0.3, -0.25) is 0 Å². The maximum absolute atomic E-state index is 5.16. The second-order valence-corrected chi connectivity index (χ2v) is 6.68. The maximum atomic E-state index is 5.16. The van der Waals surface area contributed by atoms with Crippen LogP contribution in [0.25, 0.3) is 5.69 Å². The summed E-state index contributed by atoms with van der Waals surface area (Å²) in [5.74, 6) is 0.673. The van der Waals surface area contributed by atoms with Crippen molar-refractivity contribution in [2.24, 2.45) is 0 Å². The molecule has 6 heteroatoms. The fourth-order valence-corrected chi connectivity index (χ4v) is 3.39. The Morgan fingerprint density at radius 3 is 2.71 bits per heavy atom. The molecule has 0 aliphatic heterocycles.